The van der Waals surface area contributed by atoms with Gasteiger partial charge in [0.05, 0.1) is 12.2 Å². The second-order valence-corrected chi connectivity index (χ2v) is 7.34. The van der Waals surface area contributed by atoms with Crippen LogP contribution in [0, 0.1) is 0 Å². The number of anilines is 1. The molecule has 0 aromatic heterocycles. The van der Waals surface area contributed by atoms with Crippen molar-refractivity contribution in [2.45, 2.75) is 26.4 Å². The van der Waals surface area contributed by atoms with Gasteiger partial charge in [0.25, 0.3) is 5.91 Å². The van der Waals surface area contributed by atoms with E-state index in [2.05, 4.69) is 5.32 Å². The Bertz CT molecular complexity index is 1030. The van der Waals surface area contributed by atoms with E-state index in [9.17, 15) is 9.59 Å². The highest BCUT2D eigenvalue weighted by Crippen LogP contribution is 2.20. The van der Waals surface area contributed by atoms with Gasteiger partial charge in [0.2, 0.25) is 0 Å². The number of amides is 1. The largest absolute Gasteiger partial charge is 0.489 e. The number of carbonyl (C=O) groups is 2. The van der Waals surface area contributed by atoms with Crippen molar-refractivity contribution in [2.75, 3.05) is 11.9 Å². The molecule has 0 saturated heterocycles. The quantitative estimate of drug-likeness (QED) is 0.323. The molecular formula is C25H24ClNO4. The maximum atomic E-state index is 12.6. The van der Waals surface area contributed by atoms with Crippen LogP contribution in [-0.2, 0) is 11.3 Å². The number of rotatable bonds is 9. The SMILES string of the molecule is CCCCOC(=O)c1ccc(NC(=O)c2cccc(OCc3ccccc3Cl)c2)cc1. The van der Waals surface area contributed by atoms with E-state index in [-0.39, 0.29) is 11.9 Å². The molecule has 0 unspecified atom stereocenters. The van der Waals surface area contributed by atoms with Gasteiger partial charge in [-0.25, -0.2) is 4.79 Å². The molecule has 31 heavy (non-hydrogen) atoms. The molecule has 0 heterocycles. The van der Waals surface area contributed by atoms with Crippen LogP contribution >= 0.6 is 11.6 Å². The Morgan fingerprint density at radius 2 is 1.71 bits per heavy atom. The van der Waals surface area contributed by atoms with Crippen LogP contribution in [0.2, 0.25) is 5.02 Å². The van der Waals surface area contributed by atoms with Gasteiger partial charge in [-0.1, -0.05) is 49.2 Å². The van der Waals surface area contributed by atoms with E-state index in [1.165, 1.54) is 0 Å². The maximum Gasteiger partial charge on any atom is 0.338 e. The second kappa shape index (κ2) is 11.2. The van der Waals surface area contributed by atoms with Gasteiger partial charge in [0.1, 0.15) is 12.4 Å². The minimum atomic E-state index is -0.366. The predicted octanol–water partition coefficient (Wildman–Crippen LogP) is 6.13. The first-order chi connectivity index (χ1) is 15.1. The van der Waals surface area contributed by atoms with E-state index in [4.69, 9.17) is 21.1 Å². The summed E-state index contributed by atoms with van der Waals surface area (Å²) < 4.78 is 11.0. The molecule has 0 saturated carbocycles. The van der Waals surface area contributed by atoms with Crippen LogP contribution in [0.5, 0.6) is 5.75 Å². The van der Waals surface area contributed by atoms with Gasteiger partial charge in [-0.05, 0) is 55.0 Å². The van der Waals surface area contributed by atoms with E-state index in [1.807, 2.05) is 25.1 Å². The van der Waals surface area contributed by atoms with Crippen molar-refractivity contribution in [3.8, 4) is 5.75 Å². The smallest absolute Gasteiger partial charge is 0.338 e. The topological polar surface area (TPSA) is 64.6 Å². The zero-order chi connectivity index (χ0) is 22.1. The van der Waals surface area contributed by atoms with Crippen LogP contribution in [0.15, 0.2) is 72.8 Å². The van der Waals surface area contributed by atoms with Crippen LogP contribution < -0.4 is 10.1 Å². The summed E-state index contributed by atoms with van der Waals surface area (Å²) in [6.45, 7) is 2.75. The summed E-state index contributed by atoms with van der Waals surface area (Å²) in [6, 6.07) is 21.0. The Labute approximate surface area is 187 Å². The molecule has 3 aromatic carbocycles. The molecule has 6 heteroatoms. The highest BCUT2D eigenvalue weighted by atomic mass is 35.5. The molecule has 0 atom stereocenters. The minimum Gasteiger partial charge on any atom is -0.489 e. The average molecular weight is 438 g/mol. The standard InChI is InChI=1S/C25H24ClNO4/c1-2-3-15-30-25(29)18-11-13-21(14-12-18)27-24(28)19-8-6-9-22(16-19)31-17-20-7-4-5-10-23(20)26/h4-14,16H,2-3,15,17H2,1H3,(H,27,28). The number of hydrogen-bond donors (Lipinski definition) is 1. The molecule has 0 radical (unpaired) electrons. The fourth-order valence-corrected chi connectivity index (χ4v) is 2.98. The first-order valence-electron chi connectivity index (χ1n) is 10.1. The van der Waals surface area contributed by atoms with Crippen LogP contribution in [0.25, 0.3) is 0 Å². The van der Waals surface area contributed by atoms with E-state index in [0.29, 0.717) is 40.8 Å². The van der Waals surface area contributed by atoms with Crippen molar-refractivity contribution >= 4 is 29.2 Å². The van der Waals surface area contributed by atoms with Gasteiger partial charge < -0.3 is 14.8 Å². The molecule has 5 nitrogen and oxygen atoms in total. The monoisotopic (exact) mass is 437 g/mol. The second-order valence-electron chi connectivity index (χ2n) is 6.93. The highest BCUT2D eigenvalue weighted by Gasteiger charge is 2.10. The Hall–Kier alpha value is -3.31. The van der Waals surface area contributed by atoms with Crippen molar-refractivity contribution in [1.29, 1.82) is 0 Å². The molecular weight excluding hydrogens is 414 g/mol. The lowest BCUT2D eigenvalue weighted by molar-refractivity contribution is 0.0499. The van der Waals surface area contributed by atoms with Crippen LogP contribution in [-0.4, -0.2) is 18.5 Å². The van der Waals surface area contributed by atoms with Gasteiger partial charge in [-0.3, -0.25) is 4.79 Å². The van der Waals surface area contributed by atoms with Crippen molar-refractivity contribution in [3.05, 3.63) is 94.5 Å². The molecule has 0 spiro atoms. The first-order valence-corrected chi connectivity index (χ1v) is 10.5. The maximum absolute atomic E-state index is 12.6. The molecule has 0 fully saturated rings. The summed E-state index contributed by atoms with van der Waals surface area (Å²) in [6.07, 6.45) is 1.80. The normalized spacial score (nSPS) is 10.4. The van der Waals surface area contributed by atoms with Crippen molar-refractivity contribution in [3.63, 3.8) is 0 Å². The van der Waals surface area contributed by atoms with Gasteiger partial charge >= 0.3 is 5.97 Å². The summed E-state index contributed by atoms with van der Waals surface area (Å²) in [5, 5.41) is 3.45. The lowest BCUT2D eigenvalue weighted by Gasteiger charge is -2.10. The molecule has 1 N–H and O–H groups in total. The number of esters is 1. The number of hydrogen-bond acceptors (Lipinski definition) is 4. The molecule has 3 rings (SSSR count). The van der Waals surface area contributed by atoms with E-state index < -0.39 is 0 Å². The number of ether oxygens (including phenoxy) is 2. The van der Waals surface area contributed by atoms with E-state index >= 15 is 0 Å². The number of benzene rings is 3. The highest BCUT2D eigenvalue weighted by molar-refractivity contribution is 6.31. The number of nitrogens with one attached hydrogen (secondary N) is 1. The van der Waals surface area contributed by atoms with Gasteiger partial charge in [0, 0.05) is 21.8 Å². The zero-order valence-electron chi connectivity index (χ0n) is 17.3. The molecule has 0 aliphatic heterocycles. The average Bonchev–Trinajstić information content (AvgIpc) is 2.79. The van der Waals surface area contributed by atoms with Crippen LogP contribution in [0.3, 0.4) is 0 Å². The Balaban J connectivity index is 1.58. The Morgan fingerprint density at radius 1 is 0.935 bits per heavy atom. The number of unbranched alkanes of at least 4 members (excludes halogenated alkanes) is 1. The molecule has 0 bridgehead atoms. The third-order valence-electron chi connectivity index (χ3n) is 4.56. The minimum absolute atomic E-state index is 0.276. The van der Waals surface area contributed by atoms with Gasteiger partial charge in [-0.15, -0.1) is 0 Å². The van der Waals surface area contributed by atoms with Crippen molar-refractivity contribution in [1.82, 2.24) is 0 Å². The molecule has 1 amide bonds. The van der Waals surface area contributed by atoms with Gasteiger partial charge in [0.15, 0.2) is 0 Å². The fourth-order valence-electron chi connectivity index (χ4n) is 2.79. The van der Waals surface area contributed by atoms with Gasteiger partial charge in [-0.2, -0.15) is 0 Å². The lowest BCUT2D eigenvalue weighted by Crippen LogP contribution is -2.12. The summed E-state index contributed by atoms with van der Waals surface area (Å²) >= 11 is 6.15. The third kappa shape index (κ3) is 6.59. The molecule has 0 aliphatic carbocycles. The van der Waals surface area contributed by atoms with Crippen molar-refractivity contribution < 1.29 is 19.1 Å². The summed E-state index contributed by atoms with van der Waals surface area (Å²) in [5.41, 5.74) is 2.36. The fraction of sp³-hybridized carbons (Fsp3) is 0.200. The molecule has 0 aliphatic rings. The summed E-state index contributed by atoms with van der Waals surface area (Å²) in [5.74, 6) is -0.0751. The van der Waals surface area contributed by atoms with Crippen molar-refractivity contribution in [2.24, 2.45) is 0 Å². The summed E-state index contributed by atoms with van der Waals surface area (Å²) in [7, 11) is 0. The summed E-state index contributed by atoms with van der Waals surface area (Å²) in [4.78, 5) is 24.6. The number of carbonyl (C=O) groups excluding carboxylic acids is 2. The van der Waals surface area contributed by atoms with E-state index in [1.54, 1.807) is 54.6 Å². The zero-order valence-corrected chi connectivity index (χ0v) is 18.0. The van der Waals surface area contributed by atoms with Crippen LogP contribution in [0.1, 0.15) is 46.0 Å². The number of halogens is 1. The third-order valence-corrected chi connectivity index (χ3v) is 4.93. The Kier molecular flexibility index (Phi) is 8.07. The van der Waals surface area contributed by atoms with Crippen LogP contribution in [0.4, 0.5) is 5.69 Å². The lowest BCUT2D eigenvalue weighted by atomic mass is 10.1. The predicted molar refractivity (Wildman–Crippen MR) is 122 cm³/mol. The first kappa shape index (κ1) is 22.4. The molecule has 3 aromatic rings. The Morgan fingerprint density at radius 3 is 2.45 bits per heavy atom. The molecule has 160 valence electrons. The van der Waals surface area contributed by atoms with E-state index in [0.717, 1.165) is 18.4 Å².